The third kappa shape index (κ3) is 2.10. The van der Waals surface area contributed by atoms with Crippen molar-refractivity contribution >= 4 is 8.07 Å². The van der Waals surface area contributed by atoms with E-state index in [2.05, 4.69) is 13.1 Å². The summed E-state index contributed by atoms with van der Waals surface area (Å²) in [7, 11) is -0.835. The first-order chi connectivity index (χ1) is 4.64. The third-order valence-corrected chi connectivity index (χ3v) is 5.96. The normalized spacial score (nSPS) is 32.1. The first-order valence-electron chi connectivity index (χ1n) is 4.25. The van der Waals surface area contributed by atoms with Crippen LogP contribution in [0.5, 0.6) is 0 Å². The van der Waals surface area contributed by atoms with Crippen LogP contribution in [0.4, 0.5) is 0 Å². The minimum Gasteiger partial charge on any atom is -0.396 e. The van der Waals surface area contributed by atoms with Crippen molar-refractivity contribution in [3.8, 4) is 0 Å². The zero-order chi connectivity index (χ0) is 7.61. The number of aliphatic hydroxyl groups excluding tert-OH is 1. The van der Waals surface area contributed by atoms with E-state index in [1.807, 2.05) is 0 Å². The first kappa shape index (κ1) is 8.28. The van der Waals surface area contributed by atoms with Gasteiger partial charge in [-0.2, -0.15) is 0 Å². The van der Waals surface area contributed by atoms with Crippen LogP contribution in [0.25, 0.3) is 0 Å². The summed E-state index contributed by atoms with van der Waals surface area (Å²) in [5, 5.41) is 8.95. The van der Waals surface area contributed by atoms with Crippen LogP contribution in [0.1, 0.15) is 12.8 Å². The Morgan fingerprint density at radius 3 is 2.60 bits per heavy atom. The molecule has 0 aromatic carbocycles. The van der Waals surface area contributed by atoms with Gasteiger partial charge in [-0.1, -0.05) is 31.6 Å². The summed E-state index contributed by atoms with van der Waals surface area (Å²) in [4.78, 5) is 0. The van der Waals surface area contributed by atoms with Crippen molar-refractivity contribution in [2.24, 2.45) is 5.92 Å². The quantitative estimate of drug-likeness (QED) is 0.579. The number of hydrogen-bond acceptors (Lipinski definition) is 1. The second kappa shape index (κ2) is 3.05. The molecule has 1 saturated heterocycles. The van der Waals surface area contributed by atoms with Gasteiger partial charge in [0.25, 0.3) is 0 Å². The molecule has 1 rings (SSSR count). The molecule has 0 unspecified atom stereocenters. The van der Waals surface area contributed by atoms with Gasteiger partial charge >= 0.3 is 0 Å². The molecule has 0 aliphatic carbocycles. The Labute approximate surface area is 64.5 Å². The van der Waals surface area contributed by atoms with Crippen molar-refractivity contribution in [1.29, 1.82) is 0 Å². The average molecular weight is 158 g/mol. The fraction of sp³-hybridized carbons (Fsp3) is 1.00. The predicted molar refractivity (Wildman–Crippen MR) is 46.9 cm³/mol. The summed E-state index contributed by atoms with van der Waals surface area (Å²) >= 11 is 0. The lowest BCUT2D eigenvalue weighted by Crippen LogP contribution is -2.33. The van der Waals surface area contributed by atoms with Gasteiger partial charge in [-0.15, -0.1) is 0 Å². The minimum atomic E-state index is -0.835. The summed E-state index contributed by atoms with van der Waals surface area (Å²) in [5.41, 5.74) is 0. The van der Waals surface area contributed by atoms with Crippen molar-refractivity contribution in [3.63, 3.8) is 0 Å². The highest BCUT2D eigenvalue weighted by Crippen LogP contribution is 2.31. The Balaban J connectivity index is 2.40. The van der Waals surface area contributed by atoms with Crippen molar-refractivity contribution in [1.82, 2.24) is 0 Å². The second-order valence-corrected chi connectivity index (χ2v) is 9.55. The molecular weight excluding hydrogens is 140 g/mol. The Bertz CT molecular complexity index is 112. The molecular formula is C8H18OSi. The van der Waals surface area contributed by atoms with E-state index in [-0.39, 0.29) is 0 Å². The van der Waals surface area contributed by atoms with Crippen molar-refractivity contribution in [2.75, 3.05) is 6.61 Å². The minimum absolute atomic E-state index is 0.427. The zero-order valence-electron chi connectivity index (χ0n) is 7.06. The lowest BCUT2D eigenvalue weighted by atomic mass is 10.1. The number of aliphatic hydroxyl groups is 1. The Kier molecular flexibility index (Phi) is 2.53. The number of hydrogen-bond donors (Lipinski definition) is 1. The van der Waals surface area contributed by atoms with Gasteiger partial charge < -0.3 is 5.11 Å². The molecule has 0 spiro atoms. The molecule has 0 aromatic heterocycles. The zero-order valence-corrected chi connectivity index (χ0v) is 8.06. The molecule has 1 heterocycles. The molecule has 1 nitrogen and oxygen atoms in total. The maximum Gasteiger partial charge on any atom is 0.0477 e. The van der Waals surface area contributed by atoms with Crippen LogP contribution in [0, 0.1) is 5.92 Å². The van der Waals surface area contributed by atoms with Crippen LogP contribution in [-0.2, 0) is 0 Å². The third-order valence-electron chi connectivity index (χ3n) is 2.57. The summed E-state index contributed by atoms with van der Waals surface area (Å²) in [6.45, 7) is 5.31. The highest BCUT2D eigenvalue weighted by Gasteiger charge is 2.28. The average Bonchev–Trinajstić information content (AvgIpc) is 1.86. The van der Waals surface area contributed by atoms with Crippen LogP contribution in [0.3, 0.4) is 0 Å². The van der Waals surface area contributed by atoms with Crippen LogP contribution in [0.15, 0.2) is 0 Å². The predicted octanol–water partition coefficient (Wildman–Crippen LogP) is 2.10. The van der Waals surface area contributed by atoms with Crippen LogP contribution in [0.2, 0.25) is 25.2 Å². The Hall–Kier alpha value is 0.177. The van der Waals surface area contributed by atoms with E-state index in [1.54, 1.807) is 0 Å². The Morgan fingerprint density at radius 1 is 1.50 bits per heavy atom. The summed E-state index contributed by atoms with van der Waals surface area (Å²) < 4.78 is 0. The summed E-state index contributed by atoms with van der Waals surface area (Å²) in [6.07, 6.45) is 2.64. The molecule has 0 aromatic rings. The molecule has 1 N–H and O–H groups in total. The van der Waals surface area contributed by atoms with E-state index in [9.17, 15) is 0 Å². The maximum absolute atomic E-state index is 8.95. The van der Waals surface area contributed by atoms with Crippen LogP contribution >= 0.6 is 0 Å². The molecule has 1 aliphatic heterocycles. The van der Waals surface area contributed by atoms with E-state index in [1.165, 1.54) is 24.9 Å². The molecule has 1 fully saturated rings. The first-order valence-corrected chi connectivity index (χ1v) is 7.66. The van der Waals surface area contributed by atoms with E-state index < -0.39 is 8.07 Å². The molecule has 1 atom stereocenters. The Morgan fingerprint density at radius 2 is 2.20 bits per heavy atom. The molecule has 0 bridgehead atoms. The van der Waals surface area contributed by atoms with Crippen LogP contribution < -0.4 is 0 Å². The maximum atomic E-state index is 8.95. The van der Waals surface area contributed by atoms with E-state index in [0.717, 1.165) is 0 Å². The standard InChI is InChI=1S/C8H18OSi/c1-10(2)5-3-4-8(6-9)7-10/h8-9H,3-7H2,1-2H3/t8-/m0/s1. The van der Waals surface area contributed by atoms with Crippen molar-refractivity contribution < 1.29 is 5.11 Å². The fourth-order valence-corrected chi connectivity index (χ4v) is 5.27. The van der Waals surface area contributed by atoms with Crippen molar-refractivity contribution in [3.05, 3.63) is 0 Å². The van der Waals surface area contributed by atoms with Gasteiger partial charge in [0.1, 0.15) is 0 Å². The van der Waals surface area contributed by atoms with Crippen molar-refractivity contribution in [2.45, 2.75) is 38.0 Å². The molecule has 1 aliphatic rings. The van der Waals surface area contributed by atoms with E-state index >= 15 is 0 Å². The van der Waals surface area contributed by atoms with Gasteiger partial charge in [0, 0.05) is 14.7 Å². The fourth-order valence-electron chi connectivity index (χ4n) is 2.01. The SMILES string of the molecule is C[Si]1(C)CCC[C@@H](CO)C1. The van der Waals surface area contributed by atoms with Gasteiger partial charge in [0.15, 0.2) is 0 Å². The van der Waals surface area contributed by atoms with E-state index in [0.29, 0.717) is 12.5 Å². The van der Waals surface area contributed by atoms with Gasteiger partial charge in [0.05, 0.1) is 0 Å². The molecule has 10 heavy (non-hydrogen) atoms. The molecule has 2 heteroatoms. The lowest BCUT2D eigenvalue weighted by molar-refractivity contribution is 0.224. The highest BCUT2D eigenvalue weighted by molar-refractivity contribution is 6.77. The van der Waals surface area contributed by atoms with Gasteiger partial charge in [-0.05, 0) is 12.3 Å². The van der Waals surface area contributed by atoms with Crippen LogP contribution in [-0.4, -0.2) is 19.8 Å². The smallest absolute Gasteiger partial charge is 0.0477 e. The van der Waals surface area contributed by atoms with Gasteiger partial charge in [0.2, 0.25) is 0 Å². The second-order valence-electron chi connectivity index (χ2n) is 4.31. The monoisotopic (exact) mass is 158 g/mol. The molecule has 0 amide bonds. The number of rotatable bonds is 1. The summed E-state index contributed by atoms with van der Waals surface area (Å²) in [5.74, 6) is 0.649. The molecule has 0 radical (unpaired) electrons. The largest absolute Gasteiger partial charge is 0.396 e. The van der Waals surface area contributed by atoms with Gasteiger partial charge in [-0.3, -0.25) is 0 Å². The van der Waals surface area contributed by atoms with E-state index in [4.69, 9.17) is 5.11 Å². The topological polar surface area (TPSA) is 20.2 Å². The summed E-state index contributed by atoms with van der Waals surface area (Å²) in [6, 6.07) is 2.83. The van der Waals surface area contributed by atoms with Gasteiger partial charge in [-0.25, -0.2) is 0 Å². The highest BCUT2D eigenvalue weighted by atomic mass is 28.3. The molecule has 0 saturated carbocycles. The lowest BCUT2D eigenvalue weighted by Gasteiger charge is -2.32. The molecule has 60 valence electrons.